The average Bonchev–Trinajstić information content (AvgIpc) is 3.32. The van der Waals surface area contributed by atoms with Gasteiger partial charge in [-0.05, 0) is 74.0 Å². The molecule has 0 radical (unpaired) electrons. The molecule has 6 heteroatoms. The predicted molar refractivity (Wildman–Crippen MR) is 114 cm³/mol. The molecule has 148 valence electrons. The van der Waals surface area contributed by atoms with Crippen LogP contribution in [-0.4, -0.2) is 33.4 Å². The summed E-state index contributed by atoms with van der Waals surface area (Å²) in [5.74, 6) is 0. The van der Waals surface area contributed by atoms with E-state index in [4.69, 9.17) is 9.31 Å². The number of hydrogen-bond acceptors (Lipinski definition) is 4. The Morgan fingerprint density at radius 1 is 0.897 bits per heavy atom. The van der Waals surface area contributed by atoms with Gasteiger partial charge in [0.2, 0.25) is 0 Å². The molecule has 2 heterocycles. The molecule has 2 N–H and O–H groups in total. The summed E-state index contributed by atoms with van der Waals surface area (Å²) < 4.78 is 12.4. The number of H-pyrrole nitrogens is 1. The van der Waals surface area contributed by atoms with Crippen LogP contribution in [0.15, 0.2) is 48.9 Å². The molecular formula is C23H25BN2O3. The van der Waals surface area contributed by atoms with Gasteiger partial charge in [0.1, 0.15) is 5.60 Å². The summed E-state index contributed by atoms with van der Waals surface area (Å²) in [6.07, 6.45) is 3.45. The zero-order valence-electron chi connectivity index (χ0n) is 17.4. The van der Waals surface area contributed by atoms with Gasteiger partial charge in [-0.2, -0.15) is 0 Å². The summed E-state index contributed by atoms with van der Waals surface area (Å²) in [6.45, 7) is 10.0. The van der Waals surface area contributed by atoms with Gasteiger partial charge in [-0.15, -0.1) is 0 Å². The number of aliphatic hydroxyl groups is 1. The van der Waals surface area contributed by atoms with Crippen molar-refractivity contribution in [1.82, 2.24) is 9.97 Å². The van der Waals surface area contributed by atoms with Crippen LogP contribution in [0.1, 0.15) is 45.7 Å². The monoisotopic (exact) mass is 388 g/mol. The predicted octanol–water partition coefficient (Wildman–Crippen LogP) is 3.61. The number of nitrogens with one attached hydrogen (secondary N) is 1. The fourth-order valence-corrected chi connectivity index (χ4v) is 4.23. The lowest BCUT2D eigenvalue weighted by Crippen LogP contribution is -2.41. The fourth-order valence-electron chi connectivity index (χ4n) is 4.23. The third-order valence-electron chi connectivity index (χ3n) is 6.74. The summed E-state index contributed by atoms with van der Waals surface area (Å²) >= 11 is 0. The molecule has 0 saturated carbocycles. The SMILES string of the molecule is CC1(O)c2cc(B3OC(C)(C)C(C)(C)O3)ccc2-c2ccc(-c3cnc[nH]3)cc21. The van der Waals surface area contributed by atoms with Crippen LogP contribution in [0.25, 0.3) is 22.4 Å². The van der Waals surface area contributed by atoms with Crippen molar-refractivity contribution in [3.05, 3.63) is 60.0 Å². The second-order valence-corrected chi connectivity index (χ2v) is 9.19. The first-order valence-electron chi connectivity index (χ1n) is 9.96. The number of rotatable bonds is 2. The second-order valence-electron chi connectivity index (χ2n) is 9.19. The van der Waals surface area contributed by atoms with Crippen molar-refractivity contribution in [3.8, 4) is 22.4 Å². The molecule has 1 fully saturated rings. The molecule has 29 heavy (non-hydrogen) atoms. The smallest absolute Gasteiger partial charge is 0.399 e. The first-order chi connectivity index (χ1) is 13.6. The Balaban J connectivity index is 1.56. The fraction of sp³-hybridized carbons (Fsp3) is 0.348. The minimum atomic E-state index is -1.10. The summed E-state index contributed by atoms with van der Waals surface area (Å²) in [4.78, 5) is 7.23. The lowest BCUT2D eigenvalue weighted by Gasteiger charge is -2.32. The van der Waals surface area contributed by atoms with Crippen LogP contribution in [0.3, 0.4) is 0 Å². The molecule has 1 saturated heterocycles. The maximum absolute atomic E-state index is 11.5. The number of aromatic amines is 1. The minimum Gasteiger partial charge on any atom is -0.399 e. The first kappa shape index (κ1) is 18.6. The number of fused-ring (bicyclic) bond motifs is 3. The topological polar surface area (TPSA) is 67.4 Å². The van der Waals surface area contributed by atoms with Crippen molar-refractivity contribution in [2.45, 2.75) is 51.4 Å². The minimum absolute atomic E-state index is 0.402. The molecule has 1 unspecified atom stereocenters. The van der Waals surface area contributed by atoms with Crippen molar-refractivity contribution in [1.29, 1.82) is 0 Å². The van der Waals surface area contributed by atoms with E-state index in [0.717, 1.165) is 39.0 Å². The third-order valence-corrected chi connectivity index (χ3v) is 6.74. The molecule has 2 aliphatic rings. The van der Waals surface area contributed by atoms with Crippen molar-refractivity contribution in [2.75, 3.05) is 0 Å². The van der Waals surface area contributed by atoms with Gasteiger partial charge in [0.25, 0.3) is 0 Å². The van der Waals surface area contributed by atoms with Crippen LogP contribution in [0, 0.1) is 0 Å². The maximum Gasteiger partial charge on any atom is 0.494 e. The van der Waals surface area contributed by atoms with E-state index in [1.165, 1.54) is 0 Å². The average molecular weight is 388 g/mol. The molecule has 1 aromatic heterocycles. The second kappa shape index (κ2) is 5.82. The van der Waals surface area contributed by atoms with E-state index >= 15 is 0 Å². The third kappa shape index (κ3) is 2.63. The Hall–Kier alpha value is -2.41. The Morgan fingerprint density at radius 2 is 1.52 bits per heavy atom. The van der Waals surface area contributed by atoms with Gasteiger partial charge in [-0.1, -0.05) is 30.3 Å². The standard InChI is InChI=1S/C23H25BN2O3/c1-21(2)22(3,4)29-24(28-21)15-7-9-17-16-8-6-14(20-12-25-13-26-20)10-18(16)23(5,27)19(17)11-15/h6-13,27H,1-5H3,(H,25,26). The summed E-state index contributed by atoms with van der Waals surface area (Å²) in [5, 5.41) is 11.5. The molecule has 0 bridgehead atoms. The van der Waals surface area contributed by atoms with Crippen LogP contribution in [0.5, 0.6) is 0 Å². The first-order valence-corrected chi connectivity index (χ1v) is 9.96. The highest BCUT2D eigenvalue weighted by atomic mass is 16.7. The zero-order valence-corrected chi connectivity index (χ0v) is 17.4. The van der Waals surface area contributed by atoms with Gasteiger partial charge in [-0.3, -0.25) is 0 Å². The van der Waals surface area contributed by atoms with E-state index in [2.05, 4.69) is 28.2 Å². The highest BCUT2D eigenvalue weighted by molar-refractivity contribution is 6.62. The van der Waals surface area contributed by atoms with E-state index in [1.54, 1.807) is 12.5 Å². The maximum atomic E-state index is 11.5. The normalized spacial score (nSPS) is 23.9. The molecule has 1 atom stereocenters. The van der Waals surface area contributed by atoms with Crippen molar-refractivity contribution < 1.29 is 14.4 Å². The van der Waals surface area contributed by atoms with Gasteiger partial charge < -0.3 is 19.4 Å². The van der Waals surface area contributed by atoms with Gasteiger partial charge in [0.05, 0.1) is 29.4 Å². The molecule has 3 aromatic rings. The molecule has 5 rings (SSSR count). The lowest BCUT2D eigenvalue weighted by molar-refractivity contribution is 0.00578. The Bertz CT molecular complexity index is 1090. The largest absolute Gasteiger partial charge is 0.494 e. The molecule has 0 amide bonds. The lowest BCUT2D eigenvalue weighted by atomic mass is 9.76. The van der Waals surface area contributed by atoms with Gasteiger partial charge in [-0.25, -0.2) is 4.98 Å². The van der Waals surface area contributed by atoms with Crippen LogP contribution >= 0.6 is 0 Å². The molecule has 1 aliphatic carbocycles. The van der Waals surface area contributed by atoms with Crippen molar-refractivity contribution in [2.24, 2.45) is 0 Å². The number of hydrogen-bond donors (Lipinski definition) is 2. The summed E-state index contributed by atoms with van der Waals surface area (Å²) in [5.41, 5.74) is 4.81. The number of nitrogens with zero attached hydrogens (tertiary/aromatic N) is 1. The van der Waals surface area contributed by atoms with Gasteiger partial charge in [0.15, 0.2) is 0 Å². The Morgan fingerprint density at radius 3 is 2.14 bits per heavy atom. The summed E-state index contributed by atoms with van der Waals surface area (Å²) in [7, 11) is -0.453. The van der Waals surface area contributed by atoms with Crippen LogP contribution in [-0.2, 0) is 14.9 Å². The molecule has 1 aliphatic heterocycles. The van der Waals surface area contributed by atoms with Crippen LogP contribution in [0.4, 0.5) is 0 Å². The van der Waals surface area contributed by atoms with Crippen molar-refractivity contribution in [3.63, 3.8) is 0 Å². The Labute approximate surface area is 171 Å². The van der Waals surface area contributed by atoms with Crippen LogP contribution < -0.4 is 5.46 Å². The summed E-state index contributed by atoms with van der Waals surface area (Å²) in [6, 6.07) is 12.3. The molecular weight excluding hydrogens is 363 g/mol. The van der Waals surface area contributed by atoms with E-state index in [0.29, 0.717) is 0 Å². The molecule has 0 spiro atoms. The van der Waals surface area contributed by atoms with Crippen LogP contribution in [0.2, 0.25) is 0 Å². The molecule has 5 nitrogen and oxygen atoms in total. The molecule has 2 aromatic carbocycles. The number of aromatic nitrogens is 2. The van der Waals surface area contributed by atoms with Gasteiger partial charge in [0, 0.05) is 0 Å². The van der Waals surface area contributed by atoms with E-state index in [-0.39, 0.29) is 0 Å². The number of imidazole rings is 1. The van der Waals surface area contributed by atoms with E-state index in [1.807, 2.05) is 52.8 Å². The van der Waals surface area contributed by atoms with Gasteiger partial charge >= 0.3 is 7.12 Å². The Kier molecular flexibility index (Phi) is 3.73. The highest BCUT2D eigenvalue weighted by Crippen LogP contribution is 2.48. The van der Waals surface area contributed by atoms with Crippen molar-refractivity contribution >= 4 is 12.6 Å². The quantitative estimate of drug-likeness (QED) is 0.659. The van der Waals surface area contributed by atoms with E-state index < -0.39 is 23.9 Å². The number of benzene rings is 2. The zero-order chi connectivity index (χ0) is 20.6. The van der Waals surface area contributed by atoms with E-state index in [9.17, 15) is 5.11 Å². The highest BCUT2D eigenvalue weighted by Gasteiger charge is 2.52.